The quantitative estimate of drug-likeness (QED) is 0.795. The van der Waals surface area contributed by atoms with Gasteiger partial charge in [-0.05, 0) is 32.1 Å². The van der Waals surface area contributed by atoms with E-state index in [1.54, 1.807) is 0 Å². The predicted molar refractivity (Wildman–Crippen MR) is 80.3 cm³/mol. The smallest absolute Gasteiger partial charge is 0.198 e. The maximum Gasteiger partial charge on any atom is 0.198 e. The minimum atomic E-state index is 0.261. The van der Waals surface area contributed by atoms with Crippen molar-refractivity contribution in [2.24, 2.45) is 5.41 Å². The fourth-order valence-electron chi connectivity index (χ4n) is 3.40. The minimum absolute atomic E-state index is 0.261. The summed E-state index contributed by atoms with van der Waals surface area (Å²) in [7, 11) is 0. The van der Waals surface area contributed by atoms with Crippen LogP contribution in [0.25, 0.3) is 5.65 Å². The molecule has 2 heterocycles. The van der Waals surface area contributed by atoms with Gasteiger partial charge in [-0.15, -0.1) is 10.2 Å². The highest BCUT2D eigenvalue weighted by Crippen LogP contribution is 2.46. The van der Waals surface area contributed by atoms with E-state index in [1.165, 1.54) is 25.7 Å². The van der Waals surface area contributed by atoms with Crippen LogP contribution in [-0.4, -0.2) is 19.6 Å². The second-order valence-electron chi connectivity index (χ2n) is 6.58. The molecule has 0 bridgehead atoms. The van der Waals surface area contributed by atoms with Gasteiger partial charge in [-0.1, -0.05) is 38.3 Å². The third kappa shape index (κ3) is 2.01. The summed E-state index contributed by atoms with van der Waals surface area (Å²) < 4.78 is 2.11. The van der Waals surface area contributed by atoms with Gasteiger partial charge in [0.1, 0.15) is 5.82 Å². The monoisotopic (exact) mass is 292 g/mol. The van der Waals surface area contributed by atoms with E-state index in [4.69, 9.17) is 11.6 Å². The lowest BCUT2D eigenvalue weighted by Gasteiger charge is -2.37. The molecule has 3 rings (SSSR count). The van der Waals surface area contributed by atoms with Gasteiger partial charge in [0.25, 0.3) is 0 Å². The fourth-order valence-corrected chi connectivity index (χ4v) is 3.65. The lowest BCUT2D eigenvalue weighted by molar-refractivity contribution is 0.191. The number of aromatic nitrogens is 4. The molecular formula is C15H21ClN4. The lowest BCUT2D eigenvalue weighted by Crippen LogP contribution is -2.28. The van der Waals surface area contributed by atoms with Crippen LogP contribution >= 0.6 is 11.6 Å². The molecule has 0 radical (unpaired) electrons. The van der Waals surface area contributed by atoms with E-state index in [1.807, 2.05) is 6.92 Å². The third-order valence-corrected chi connectivity index (χ3v) is 5.07. The first kappa shape index (κ1) is 13.8. The summed E-state index contributed by atoms with van der Waals surface area (Å²) in [6, 6.07) is 0. The van der Waals surface area contributed by atoms with Crippen LogP contribution in [0, 0.1) is 19.3 Å². The summed E-state index contributed by atoms with van der Waals surface area (Å²) in [4.78, 5) is 4.34. The average Bonchev–Trinajstić information content (AvgIpc) is 2.80. The Morgan fingerprint density at radius 1 is 1.20 bits per heavy atom. The lowest BCUT2D eigenvalue weighted by atomic mass is 9.68. The third-order valence-electron chi connectivity index (χ3n) is 4.82. The Labute approximate surface area is 124 Å². The molecule has 0 N–H and O–H groups in total. The highest BCUT2D eigenvalue weighted by molar-refractivity contribution is 6.32. The second kappa shape index (κ2) is 4.69. The van der Waals surface area contributed by atoms with Gasteiger partial charge in [0.15, 0.2) is 10.8 Å². The van der Waals surface area contributed by atoms with Crippen LogP contribution in [0.15, 0.2) is 0 Å². The number of hydrogen-bond acceptors (Lipinski definition) is 3. The molecule has 1 atom stereocenters. The number of halogens is 1. The van der Waals surface area contributed by atoms with Crippen LogP contribution in [0.3, 0.4) is 0 Å². The van der Waals surface area contributed by atoms with Crippen molar-refractivity contribution in [2.45, 2.75) is 59.3 Å². The van der Waals surface area contributed by atoms with Crippen LogP contribution in [-0.2, 0) is 0 Å². The largest absolute Gasteiger partial charge is 0.279 e. The molecule has 2 aromatic heterocycles. The van der Waals surface area contributed by atoms with Crippen molar-refractivity contribution in [3.63, 3.8) is 0 Å². The van der Waals surface area contributed by atoms with Crippen molar-refractivity contribution >= 4 is 17.2 Å². The molecule has 5 heteroatoms. The second-order valence-corrected chi connectivity index (χ2v) is 6.94. The molecule has 20 heavy (non-hydrogen) atoms. The summed E-state index contributed by atoms with van der Waals surface area (Å²) in [6.45, 7) is 8.72. The zero-order valence-corrected chi connectivity index (χ0v) is 13.3. The maximum atomic E-state index is 6.22. The molecule has 1 saturated carbocycles. The number of aryl methyl sites for hydroxylation is 2. The van der Waals surface area contributed by atoms with Gasteiger partial charge < -0.3 is 0 Å². The van der Waals surface area contributed by atoms with E-state index < -0.39 is 0 Å². The van der Waals surface area contributed by atoms with Gasteiger partial charge in [-0.2, -0.15) is 0 Å². The van der Waals surface area contributed by atoms with Crippen LogP contribution in [0.5, 0.6) is 0 Å². The van der Waals surface area contributed by atoms with E-state index in [9.17, 15) is 0 Å². The summed E-state index contributed by atoms with van der Waals surface area (Å²) in [6.07, 6.45) is 4.98. The zero-order chi connectivity index (χ0) is 14.5. The Bertz CT molecular complexity index is 659. The number of nitrogens with zero attached hydrogens (tertiary/aromatic N) is 4. The first-order valence-electron chi connectivity index (χ1n) is 7.29. The van der Waals surface area contributed by atoms with Gasteiger partial charge in [0, 0.05) is 11.6 Å². The van der Waals surface area contributed by atoms with Crippen LogP contribution < -0.4 is 0 Å². The normalized spacial score (nSPS) is 22.4. The van der Waals surface area contributed by atoms with Crippen molar-refractivity contribution in [3.05, 3.63) is 22.4 Å². The molecule has 0 spiro atoms. The molecule has 0 saturated heterocycles. The molecule has 1 aliphatic carbocycles. The van der Waals surface area contributed by atoms with E-state index in [0.717, 1.165) is 17.2 Å². The highest BCUT2D eigenvalue weighted by Gasteiger charge is 2.36. The minimum Gasteiger partial charge on any atom is -0.279 e. The van der Waals surface area contributed by atoms with Crippen molar-refractivity contribution in [1.82, 2.24) is 19.6 Å². The Morgan fingerprint density at radius 2 is 1.95 bits per heavy atom. The van der Waals surface area contributed by atoms with E-state index in [-0.39, 0.29) is 5.41 Å². The first-order chi connectivity index (χ1) is 9.42. The molecule has 0 aromatic carbocycles. The van der Waals surface area contributed by atoms with Crippen molar-refractivity contribution in [2.75, 3.05) is 0 Å². The predicted octanol–water partition coefficient (Wildman–Crippen LogP) is 4.08. The zero-order valence-electron chi connectivity index (χ0n) is 12.6. The Kier molecular flexibility index (Phi) is 3.24. The Balaban J connectivity index is 2.22. The van der Waals surface area contributed by atoms with Crippen LogP contribution in [0.2, 0.25) is 5.15 Å². The molecule has 0 amide bonds. The highest BCUT2D eigenvalue weighted by atomic mass is 35.5. The van der Waals surface area contributed by atoms with Gasteiger partial charge in [-0.25, -0.2) is 4.98 Å². The number of hydrogen-bond donors (Lipinski definition) is 0. The molecule has 0 aliphatic heterocycles. The number of fused-ring (bicyclic) bond motifs is 1. The molecule has 2 aromatic rings. The Hall–Kier alpha value is -1.16. The molecule has 108 valence electrons. The van der Waals surface area contributed by atoms with Crippen molar-refractivity contribution in [3.8, 4) is 0 Å². The van der Waals surface area contributed by atoms with Gasteiger partial charge in [0.05, 0.1) is 5.69 Å². The first-order valence-corrected chi connectivity index (χ1v) is 7.67. The van der Waals surface area contributed by atoms with E-state index >= 15 is 0 Å². The molecule has 1 fully saturated rings. The summed E-state index contributed by atoms with van der Waals surface area (Å²) in [5.74, 6) is 1.48. The van der Waals surface area contributed by atoms with Crippen LogP contribution in [0.1, 0.15) is 62.7 Å². The van der Waals surface area contributed by atoms with Gasteiger partial charge in [0.2, 0.25) is 0 Å². The number of rotatable bonds is 1. The van der Waals surface area contributed by atoms with Gasteiger partial charge >= 0.3 is 0 Å². The summed E-state index contributed by atoms with van der Waals surface area (Å²) >= 11 is 6.22. The maximum absolute atomic E-state index is 6.22. The van der Waals surface area contributed by atoms with E-state index in [2.05, 4.69) is 40.4 Å². The Morgan fingerprint density at radius 3 is 2.65 bits per heavy atom. The van der Waals surface area contributed by atoms with Crippen LogP contribution in [0.4, 0.5) is 0 Å². The van der Waals surface area contributed by atoms with Gasteiger partial charge in [-0.3, -0.25) is 4.40 Å². The fraction of sp³-hybridized carbons (Fsp3) is 0.667. The summed E-state index contributed by atoms with van der Waals surface area (Å²) in [5, 5.41) is 9.19. The standard InChI is InChI=1S/C15H21ClN4/c1-9-10(2)20-13(18-19-14(20)12(16)17-9)11-7-5-6-8-15(11,3)4/h11H,5-8H2,1-4H3. The topological polar surface area (TPSA) is 43.1 Å². The average molecular weight is 293 g/mol. The SMILES string of the molecule is Cc1nc(Cl)c2nnc(C3CCCCC3(C)C)n2c1C. The summed E-state index contributed by atoms with van der Waals surface area (Å²) in [5.41, 5.74) is 2.98. The van der Waals surface area contributed by atoms with Crippen molar-refractivity contribution < 1.29 is 0 Å². The van der Waals surface area contributed by atoms with Crippen molar-refractivity contribution in [1.29, 1.82) is 0 Å². The molecule has 1 unspecified atom stereocenters. The van der Waals surface area contributed by atoms with E-state index in [0.29, 0.717) is 16.7 Å². The molecular weight excluding hydrogens is 272 g/mol. The molecule has 4 nitrogen and oxygen atoms in total. The molecule has 1 aliphatic rings.